The van der Waals surface area contributed by atoms with Crippen LogP contribution in [0.2, 0.25) is 0 Å². The zero-order valence-electron chi connectivity index (χ0n) is 12.4. The molecule has 19 heavy (non-hydrogen) atoms. The van der Waals surface area contributed by atoms with Crippen molar-refractivity contribution in [2.24, 2.45) is 0 Å². The van der Waals surface area contributed by atoms with E-state index < -0.39 is 0 Å². The van der Waals surface area contributed by atoms with Gasteiger partial charge in [0.25, 0.3) is 0 Å². The lowest BCUT2D eigenvalue weighted by Gasteiger charge is -2.26. The molecular formula is C18H25O. The van der Waals surface area contributed by atoms with Crippen molar-refractivity contribution in [3.63, 3.8) is 0 Å². The van der Waals surface area contributed by atoms with Crippen LogP contribution >= 0.6 is 0 Å². The molecule has 1 heteroatoms. The lowest BCUT2D eigenvalue weighted by atomic mass is 9.79. The maximum atomic E-state index is 8.94. The first-order valence-corrected chi connectivity index (χ1v) is 7.25. The minimum absolute atomic E-state index is 0.185. The second kappa shape index (κ2) is 5.92. The maximum Gasteiger partial charge on any atom is 0.0615 e. The summed E-state index contributed by atoms with van der Waals surface area (Å²) in [5.41, 5.74) is 4.45. The molecule has 1 aliphatic rings. The molecule has 1 fully saturated rings. The molecule has 0 spiro atoms. The van der Waals surface area contributed by atoms with E-state index in [0.717, 1.165) is 25.7 Å². The third-order valence-electron chi connectivity index (χ3n) is 4.01. The van der Waals surface area contributed by atoms with Crippen molar-refractivity contribution in [2.75, 3.05) is 6.61 Å². The van der Waals surface area contributed by atoms with E-state index in [-0.39, 0.29) is 12.0 Å². The van der Waals surface area contributed by atoms with E-state index in [1.165, 1.54) is 16.7 Å². The van der Waals surface area contributed by atoms with Gasteiger partial charge in [-0.1, -0.05) is 56.7 Å². The van der Waals surface area contributed by atoms with Crippen LogP contribution in [0.5, 0.6) is 0 Å². The molecule has 1 radical (unpaired) electrons. The number of benzene rings is 1. The third kappa shape index (κ3) is 3.70. The smallest absolute Gasteiger partial charge is 0.0615 e. The highest BCUT2D eigenvalue weighted by molar-refractivity contribution is 5.38. The zero-order valence-corrected chi connectivity index (χ0v) is 12.4. The highest BCUT2D eigenvalue weighted by Gasteiger charge is 2.20. The first-order chi connectivity index (χ1) is 9.00. The van der Waals surface area contributed by atoms with Gasteiger partial charge in [0.15, 0.2) is 0 Å². The van der Waals surface area contributed by atoms with Crippen molar-refractivity contribution < 1.29 is 5.11 Å². The molecule has 1 aliphatic carbocycles. The average Bonchev–Trinajstić information content (AvgIpc) is 2.39. The molecule has 0 unspecified atom stereocenters. The molecule has 1 N–H and O–H groups in total. The monoisotopic (exact) mass is 257 g/mol. The summed E-state index contributed by atoms with van der Waals surface area (Å²) in [5.74, 6) is 1.57. The molecule has 2 rings (SSSR count). The van der Waals surface area contributed by atoms with Crippen LogP contribution in [-0.2, 0) is 5.41 Å². The fraction of sp³-hybridized carbons (Fsp3) is 0.500. The number of allylic oxidation sites excluding steroid dienone is 1. The summed E-state index contributed by atoms with van der Waals surface area (Å²) in [7, 11) is 0. The fourth-order valence-corrected chi connectivity index (χ4v) is 2.70. The predicted octanol–water partition coefficient (Wildman–Crippen LogP) is 4.40. The second-order valence-corrected chi connectivity index (χ2v) is 6.48. The highest BCUT2D eigenvalue weighted by Crippen LogP contribution is 2.35. The summed E-state index contributed by atoms with van der Waals surface area (Å²) in [5, 5.41) is 8.94. The van der Waals surface area contributed by atoms with Crippen molar-refractivity contribution in [1.82, 2.24) is 0 Å². The molecule has 1 aromatic rings. The van der Waals surface area contributed by atoms with E-state index in [4.69, 9.17) is 5.11 Å². The summed E-state index contributed by atoms with van der Waals surface area (Å²) in [6.07, 6.45) is 6.46. The Kier molecular flexibility index (Phi) is 4.46. The molecule has 1 nitrogen and oxygen atoms in total. The van der Waals surface area contributed by atoms with Gasteiger partial charge in [0.2, 0.25) is 0 Å². The molecule has 0 atom stereocenters. The van der Waals surface area contributed by atoms with Gasteiger partial charge in [-0.25, -0.2) is 0 Å². The molecule has 0 saturated heterocycles. The van der Waals surface area contributed by atoms with Gasteiger partial charge in [0, 0.05) is 5.92 Å². The minimum Gasteiger partial charge on any atom is -0.392 e. The van der Waals surface area contributed by atoms with E-state index >= 15 is 0 Å². The standard InChI is InChI=1S/C18H25O/c1-18(2,3)17-6-4-5-16(13-17)15-9-7-14(8-10-15)11-12-19/h4-6,11,13,19H,7-10,12H2,1-3H3. The summed E-state index contributed by atoms with van der Waals surface area (Å²) < 4.78 is 0. The molecule has 0 heterocycles. The quantitative estimate of drug-likeness (QED) is 0.779. The van der Waals surface area contributed by atoms with Crippen molar-refractivity contribution in [3.8, 4) is 0 Å². The second-order valence-electron chi connectivity index (χ2n) is 6.48. The van der Waals surface area contributed by atoms with E-state index in [2.05, 4.69) is 45.0 Å². The van der Waals surface area contributed by atoms with Crippen molar-refractivity contribution in [3.05, 3.63) is 53.0 Å². The first kappa shape index (κ1) is 14.3. The number of hydrogen-bond donors (Lipinski definition) is 1. The summed E-state index contributed by atoms with van der Waals surface area (Å²) in [6, 6.07) is 9.01. The molecule has 0 amide bonds. The topological polar surface area (TPSA) is 20.2 Å². The van der Waals surface area contributed by atoms with Crippen molar-refractivity contribution >= 4 is 0 Å². The Morgan fingerprint density at radius 3 is 2.37 bits per heavy atom. The van der Waals surface area contributed by atoms with Gasteiger partial charge < -0.3 is 5.11 Å². The van der Waals surface area contributed by atoms with Gasteiger partial charge in [0.05, 0.1) is 6.61 Å². The van der Waals surface area contributed by atoms with Crippen LogP contribution < -0.4 is 0 Å². The Bertz CT molecular complexity index is 441. The maximum absolute atomic E-state index is 8.94. The van der Waals surface area contributed by atoms with Gasteiger partial charge in [-0.3, -0.25) is 0 Å². The Balaban J connectivity index is 2.10. The Morgan fingerprint density at radius 2 is 1.79 bits per heavy atom. The first-order valence-electron chi connectivity index (χ1n) is 7.25. The average molecular weight is 257 g/mol. The Hall–Kier alpha value is -1.08. The molecule has 0 aliphatic heterocycles. The van der Waals surface area contributed by atoms with Crippen molar-refractivity contribution in [2.45, 2.75) is 51.9 Å². The number of aliphatic hydroxyl groups excluding tert-OH is 1. The van der Waals surface area contributed by atoms with Crippen LogP contribution in [0.25, 0.3) is 0 Å². The molecule has 0 aromatic heterocycles. The molecular weight excluding hydrogens is 232 g/mol. The van der Waals surface area contributed by atoms with Crippen LogP contribution in [-0.4, -0.2) is 11.7 Å². The zero-order chi connectivity index (χ0) is 13.9. The van der Waals surface area contributed by atoms with Gasteiger partial charge in [-0.15, -0.1) is 0 Å². The Labute approximate surface area is 117 Å². The lowest BCUT2D eigenvalue weighted by Crippen LogP contribution is -2.13. The fourth-order valence-electron chi connectivity index (χ4n) is 2.70. The summed E-state index contributed by atoms with van der Waals surface area (Å²) in [4.78, 5) is 0. The molecule has 103 valence electrons. The van der Waals surface area contributed by atoms with Crippen LogP contribution in [0.4, 0.5) is 0 Å². The summed E-state index contributed by atoms with van der Waals surface area (Å²) >= 11 is 0. The minimum atomic E-state index is 0.185. The van der Waals surface area contributed by atoms with E-state index in [1.54, 1.807) is 5.92 Å². The normalized spacial score (nSPS) is 17.6. The SMILES string of the molecule is CC(C)(C)c1cccc([C]2CCC(=CCO)CC2)c1. The largest absolute Gasteiger partial charge is 0.392 e. The molecule has 0 bridgehead atoms. The van der Waals surface area contributed by atoms with Crippen LogP contribution in [0.3, 0.4) is 0 Å². The molecule has 1 aromatic carbocycles. The molecule has 1 saturated carbocycles. The van der Waals surface area contributed by atoms with E-state index in [0.29, 0.717) is 0 Å². The predicted molar refractivity (Wildman–Crippen MR) is 81.1 cm³/mol. The third-order valence-corrected chi connectivity index (χ3v) is 4.01. The van der Waals surface area contributed by atoms with Gasteiger partial charge in [-0.05, 0) is 42.2 Å². The lowest BCUT2D eigenvalue weighted by molar-refractivity contribution is 0.340. The van der Waals surface area contributed by atoms with Crippen LogP contribution in [0, 0.1) is 5.92 Å². The Morgan fingerprint density at radius 1 is 1.11 bits per heavy atom. The van der Waals surface area contributed by atoms with Crippen molar-refractivity contribution in [1.29, 1.82) is 0 Å². The van der Waals surface area contributed by atoms with Crippen LogP contribution in [0.15, 0.2) is 35.9 Å². The summed E-state index contributed by atoms with van der Waals surface area (Å²) in [6.45, 7) is 6.98. The van der Waals surface area contributed by atoms with Gasteiger partial charge in [-0.2, -0.15) is 0 Å². The highest BCUT2D eigenvalue weighted by atomic mass is 16.2. The van der Waals surface area contributed by atoms with Gasteiger partial charge >= 0.3 is 0 Å². The number of rotatable bonds is 2. The van der Waals surface area contributed by atoms with E-state index in [1.807, 2.05) is 6.08 Å². The number of aliphatic hydroxyl groups is 1. The van der Waals surface area contributed by atoms with Gasteiger partial charge in [0.1, 0.15) is 0 Å². The van der Waals surface area contributed by atoms with Crippen LogP contribution in [0.1, 0.15) is 57.6 Å². The number of hydrogen-bond acceptors (Lipinski definition) is 1. The van der Waals surface area contributed by atoms with E-state index in [9.17, 15) is 0 Å².